The number of rotatable bonds is 10. The van der Waals surface area contributed by atoms with Crippen molar-refractivity contribution in [3.63, 3.8) is 0 Å². The first-order chi connectivity index (χ1) is 11.3. The van der Waals surface area contributed by atoms with E-state index >= 15 is 0 Å². The quantitative estimate of drug-likeness (QED) is 0.304. The second kappa shape index (κ2) is 23.7. The number of hydrogen-bond donors (Lipinski definition) is 1. The molecule has 0 aliphatic heterocycles. The Hall–Kier alpha value is -1.58. The van der Waals surface area contributed by atoms with Gasteiger partial charge in [-0.2, -0.15) is 0 Å². The molecule has 0 bridgehead atoms. The van der Waals surface area contributed by atoms with Gasteiger partial charge >= 0.3 is 5.97 Å². The van der Waals surface area contributed by atoms with Gasteiger partial charge in [0, 0.05) is 13.8 Å². The summed E-state index contributed by atoms with van der Waals surface area (Å²) in [5.41, 5.74) is 0. The van der Waals surface area contributed by atoms with E-state index in [-0.39, 0.29) is 12.1 Å². The molecule has 0 saturated carbocycles. The molecule has 0 radical (unpaired) electrons. The summed E-state index contributed by atoms with van der Waals surface area (Å²) in [4.78, 5) is 19.6. The van der Waals surface area contributed by atoms with Crippen molar-refractivity contribution in [2.75, 3.05) is 0 Å². The first-order valence-electron chi connectivity index (χ1n) is 8.95. The van der Waals surface area contributed by atoms with Crippen molar-refractivity contribution in [3.8, 4) is 0 Å². The summed E-state index contributed by atoms with van der Waals surface area (Å²) in [6.45, 7) is 12.6. The molecule has 0 aliphatic carbocycles. The minimum Gasteiger partial charge on any atom is -0.481 e. The van der Waals surface area contributed by atoms with Gasteiger partial charge in [-0.25, -0.2) is 0 Å². The summed E-state index contributed by atoms with van der Waals surface area (Å²) in [5, 5.41) is 7.42. The molecule has 1 unspecified atom stereocenters. The monoisotopic (exact) mass is 342 g/mol. The highest BCUT2D eigenvalue weighted by molar-refractivity contribution is 5.66. The lowest BCUT2D eigenvalue weighted by atomic mass is 10.1. The van der Waals surface area contributed by atoms with E-state index in [0.717, 1.165) is 19.8 Å². The summed E-state index contributed by atoms with van der Waals surface area (Å²) in [6.07, 6.45) is 15.7. The third-order valence-electron chi connectivity index (χ3n) is 2.88. The molecule has 142 valence electrons. The molecule has 0 aliphatic rings. The smallest absolute Gasteiger partial charge is 0.303 e. The molecule has 0 aromatic heterocycles. The Balaban J connectivity index is -0.000000316. The van der Waals surface area contributed by atoms with Gasteiger partial charge in [-0.15, -0.1) is 0 Å². The predicted molar refractivity (Wildman–Crippen MR) is 102 cm³/mol. The maximum Gasteiger partial charge on any atom is 0.303 e. The van der Waals surface area contributed by atoms with Gasteiger partial charge in [-0.1, -0.05) is 64.3 Å². The molecule has 1 atom stereocenters. The average molecular weight is 343 g/mol. The molecular weight excluding hydrogens is 304 g/mol. The van der Waals surface area contributed by atoms with Crippen LogP contribution in [0, 0.1) is 0 Å². The van der Waals surface area contributed by atoms with Crippen molar-refractivity contribution in [2.45, 2.75) is 92.1 Å². The Morgan fingerprint density at radius 1 is 1.08 bits per heavy atom. The van der Waals surface area contributed by atoms with Crippen molar-refractivity contribution >= 4 is 11.9 Å². The highest BCUT2D eigenvalue weighted by Crippen LogP contribution is 2.07. The molecule has 24 heavy (non-hydrogen) atoms. The third kappa shape index (κ3) is 37.0. The van der Waals surface area contributed by atoms with Gasteiger partial charge in [-0.3, -0.25) is 9.59 Å². The zero-order chi connectivity index (χ0) is 19.2. The molecule has 0 aromatic rings. The molecule has 0 rings (SSSR count). The minimum atomic E-state index is -0.833. The highest BCUT2D eigenvalue weighted by Gasteiger charge is 2.05. The van der Waals surface area contributed by atoms with Crippen LogP contribution >= 0.6 is 0 Å². The van der Waals surface area contributed by atoms with Crippen LogP contribution in [0.15, 0.2) is 24.8 Å². The van der Waals surface area contributed by atoms with E-state index in [1.54, 1.807) is 6.08 Å². The molecule has 4 nitrogen and oxygen atoms in total. The van der Waals surface area contributed by atoms with Crippen molar-refractivity contribution in [1.82, 2.24) is 0 Å². The first-order valence-corrected chi connectivity index (χ1v) is 8.95. The molecule has 0 amide bonds. The van der Waals surface area contributed by atoms with Gasteiger partial charge in [0.2, 0.25) is 0 Å². The van der Waals surface area contributed by atoms with Gasteiger partial charge in [0.05, 0.1) is 0 Å². The van der Waals surface area contributed by atoms with Crippen LogP contribution in [0.1, 0.15) is 86.0 Å². The molecule has 0 spiro atoms. The van der Waals surface area contributed by atoms with Crippen LogP contribution < -0.4 is 0 Å². The predicted octanol–water partition coefficient (Wildman–Crippen LogP) is 5.92. The molecule has 0 fully saturated rings. The zero-order valence-corrected chi connectivity index (χ0v) is 16.3. The maximum atomic E-state index is 10.6. The number of carbonyl (C=O) groups is 2. The standard InChI is InChI=1S/C10H18O2.C8H16.C2H4O2/c1-4-6-7-8-10(5-2)12-9(3)11;1-3-5-7-8-6-4-2;1-2(3)4/h5,10H,2,4,6-8H2,1,3H3;3,5H,4,6-8H2,1-2H3;1H3,(H,3,4)/b;5-3+;. The van der Waals surface area contributed by atoms with Gasteiger partial charge in [-0.05, 0) is 32.6 Å². The number of carboxylic acids is 1. The maximum absolute atomic E-state index is 10.6. The molecule has 0 heterocycles. The van der Waals surface area contributed by atoms with Gasteiger partial charge in [0.15, 0.2) is 0 Å². The Labute approximate surface area is 149 Å². The minimum absolute atomic E-state index is 0.0888. The topological polar surface area (TPSA) is 63.6 Å². The lowest BCUT2D eigenvalue weighted by molar-refractivity contribution is -0.144. The van der Waals surface area contributed by atoms with E-state index in [1.807, 2.05) is 0 Å². The molecule has 1 N–H and O–H groups in total. The van der Waals surface area contributed by atoms with E-state index in [0.29, 0.717) is 0 Å². The van der Waals surface area contributed by atoms with Crippen molar-refractivity contribution < 1.29 is 19.4 Å². The SMILES string of the molecule is C/C=C/CCCCC.C=CC(CCCCC)OC(C)=O.CC(=O)O. The Morgan fingerprint density at radius 2 is 1.58 bits per heavy atom. The van der Waals surface area contributed by atoms with E-state index in [2.05, 4.69) is 39.5 Å². The Kier molecular flexibility index (Phi) is 26.9. The van der Waals surface area contributed by atoms with Crippen molar-refractivity contribution in [1.29, 1.82) is 0 Å². The fourth-order valence-corrected chi connectivity index (χ4v) is 1.71. The van der Waals surface area contributed by atoms with Crippen molar-refractivity contribution in [3.05, 3.63) is 24.8 Å². The van der Waals surface area contributed by atoms with Crippen LogP contribution in [0.4, 0.5) is 0 Å². The second-order valence-corrected chi connectivity index (χ2v) is 5.46. The number of allylic oxidation sites excluding steroid dienone is 2. The van der Waals surface area contributed by atoms with Crippen LogP contribution in [0.25, 0.3) is 0 Å². The van der Waals surface area contributed by atoms with Crippen LogP contribution in [-0.4, -0.2) is 23.1 Å². The Morgan fingerprint density at radius 3 is 1.96 bits per heavy atom. The van der Waals surface area contributed by atoms with Crippen LogP contribution in [0.3, 0.4) is 0 Å². The number of ether oxygens (including phenoxy) is 1. The fraction of sp³-hybridized carbons (Fsp3) is 0.700. The molecular formula is C20H38O4. The first kappa shape index (κ1) is 27.3. The number of unbranched alkanes of at least 4 members (excludes halogenated alkanes) is 5. The summed E-state index contributed by atoms with van der Waals surface area (Å²) in [5.74, 6) is -1.06. The van der Waals surface area contributed by atoms with Crippen LogP contribution in [0.5, 0.6) is 0 Å². The van der Waals surface area contributed by atoms with Crippen molar-refractivity contribution in [2.24, 2.45) is 0 Å². The zero-order valence-electron chi connectivity index (χ0n) is 16.3. The van der Waals surface area contributed by atoms with E-state index in [1.165, 1.54) is 45.4 Å². The van der Waals surface area contributed by atoms with E-state index in [4.69, 9.17) is 14.6 Å². The normalized spacial score (nSPS) is 10.7. The van der Waals surface area contributed by atoms with Gasteiger partial charge < -0.3 is 9.84 Å². The van der Waals surface area contributed by atoms with E-state index < -0.39 is 5.97 Å². The van der Waals surface area contributed by atoms with Gasteiger partial charge in [0.1, 0.15) is 6.10 Å². The number of aliphatic carboxylic acids is 1. The Bertz CT molecular complexity index is 318. The largest absolute Gasteiger partial charge is 0.481 e. The lowest BCUT2D eigenvalue weighted by Crippen LogP contribution is -2.12. The fourth-order valence-electron chi connectivity index (χ4n) is 1.71. The van der Waals surface area contributed by atoms with Crippen LogP contribution in [0.2, 0.25) is 0 Å². The lowest BCUT2D eigenvalue weighted by Gasteiger charge is -2.11. The van der Waals surface area contributed by atoms with Crippen LogP contribution in [-0.2, 0) is 14.3 Å². The summed E-state index contributed by atoms with van der Waals surface area (Å²) in [6, 6.07) is 0. The van der Waals surface area contributed by atoms with E-state index in [9.17, 15) is 4.79 Å². The molecule has 4 heteroatoms. The summed E-state index contributed by atoms with van der Waals surface area (Å²) >= 11 is 0. The molecule has 0 saturated heterocycles. The summed E-state index contributed by atoms with van der Waals surface area (Å²) in [7, 11) is 0. The summed E-state index contributed by atoms with van der Waals surface area (Å²) < 4.78 is 4.99. The van der Waals surface area contributed by atoms with Gasteiger partial charge in [0.25, 0.3) is 5.97 Å². The second-order valence-electron chi connectivity index (χ2n) is 5.46. The molecule has 0 aromatic carbocycles. The highest BCUT2D eigenvalue weighted by atomic mass is 16.5. The number of carboxylic acid groups (broad SMARTS) is 1. The number of hydrogen-bond acceptors (Lipinski definition) is 3. The number of carbonyl (C=O) groups excluding carboxylic acids is 1. The average Bonchev–Trinajstić information content (AvgIpc) is 2.50. The number of esters is 1. The third-order valence-corrected chi connectivity index (χ3v) is 2.88.